The Morgan fingerprint density at radius 1 is 1.09 bits per heavy atom. The molecule has 1 aromatic heterocycles. The highest BCUT2D eigenvalue weighted by Gasteiger charge is 2.25. The minimum Gasteiger partial charge on any atom is -0.435 e. The second-order valence-corrected chi connectivity index (χ2v) is 9.91. The Morgan fingerprint density at radius 2 is 1.74 bits per heavy atom. The molecule has 2 aromatic carbocycles. The molecule has 35 heavy (non-hydrogen) atoms. The van der Waals surface area contributed by atoms with Gasteiger partial charge in [0.1, 0.15) is 0 Å². The Balaban J connectivity index is 1.96. The lowest BCUT2D eigenvalue weighted by Crippen LogP contribution is -2.41. The first-order valence-electron chi connectivity index (χ1n) is 12.2. The molecule has 1 N–H and O–H groups in total. The molecule has 1 heterocycles. The second kappa shape index (κ2) is 11.8. The summed E-state index contributed by atoms with van der Waals surface area (Å²) in [6, 6.07) is 16.2. The first-order valence-corrected chi connectivity index (χ1v) is 12.2. The maximum atomic E-state index is 14.5. The highest BCUT2D eigenvalue weighted by atomic mass is 19.1. The van der Waals surface area contributed by atoms with E-state index in [9.17, 15) is 9.50 Å². The second-order valence-electron chi connectivity index (χ2n) is 9.91. The lowest BCUT2D eigenvalue weighted by Gasteiger charge is -2.31. The molecule has 0 saturated carbocycles. The smallest absolute Gasteiger partial charge is 0.227 e. The number of hydrogen-bond donors (Lipinski definition) is 1. The fourth-order valence-electron chi connectivity index (χ4n) is 3.73. The number of halogens is 1. The minimum atomic E-state index is -0.649. The van der Waals surface area contributed by atoms with Crippen LogP contribution in [-0.2, 0) is 11.3 Å². The molecule has 7 heteroatoms. The summed E-state index contributed by atoms with van der Waals surface area (Å²) in [6.45, 7) is 13.3. The topological polar surface area (TPSA) is 59.8 Å². The van der Waals surface area contributed by atoms with E-state index in [4.69, 9.17) is 14.6 Å². The first kappa shape index (κ1) is 26.9. The molecule has 190 valence electrons. The average Bonchev–Trinajstić information content (AvgIpc) is 3.13. The average molecular weight is 484 g/mol. The number of ether oxygens (including phenoxy) is 2. The Labute approximate surface area is 208 Å². The molecular formula is C28H38FN3O3. The predicted molar refractivity (Wildman–Crippen MR) is 137 cm³/mol. The van der Waals surface area contributed by atoms with Crippen molar-refractivity contribution in [2.75, 3.05) is 13.2 Å². The van der Waals surface area contributed by atoms with Crippen LogP contribution in [0.1, 0.15) is 52.3 Å². The number of benzene rings is 2. The fraction of sp³-hybridized carbons (Fsp3) is 0.464. The molecule has 2 unspecified atom stereocenters. The van der Waals surface area contributed by atoms with Crippen LogP contribution in [0.3, 0.4) is 0 Å². The van der Waals surface area contributed by atoms with Gasteiger partial charge in [-0.2, -0.15) is 5.10 Å². The fourth-order valence-corrected chi connectivity index (χ4v) is 3.73. The standard InChI is InChI=1S/C28H38FN3O3/c1-7-20(2)31(17-23(33)19-34-28(4,5)6)18-24-21(3)30-32(22-13-9-8-10-14-22)27(24)35-26-16-12-11-15-25(26)29/h8-16,20,23,33H,7,17-19H2,1-6H3. The van der Waals surface area contributed by atoms with Gasteiger partial charge in [-0.05, 0) is 65.3 Å². The molecular weight excluding hydrogens is 445 g/mol. The molecule has 0 aliphatic carbocycles. The number of aliphatic hydroxyl groups is 1. The SMILES string of the molecule is CCC(C)N(Cc1c(C)nn(-c2ccccc2)c1Oc1ccccc1F)CC(O)COC(C)(C)C. The molecule has 0 aliphatic rings. The van der Waals surface area contributed by atoms with E-state index in [1.54, 1.807) is 22.9 Å². The van der Waals surface area contributed by atoms with Crippen LogP contribution in [0.25, 0.3) is 5.69 Å². The van der Waals surface area contributed by atoms with Gasteiger partial charge in [0.05, 0.1) is 35.3 Å². The maximum absolute atomic E-state index is 14.5. The van der Waals surface area contributed by atoms with Gasteiger partial charge in [-0.25, -0.2) is 9.07 Å². The zero-order chi connectivity index (χ0) is 25.6. The van der Waals surface area contributed by atoms with Gasteiger partial charge in [0.2, 0.25) is 5.88 Å². The summed E-state index contributed by atoms with van der Waals surface area (Å²) in [7, 11) is 0. The van der Waals surface area contributed by atoms with Crippen LogP contribution in [0.15, 0.2) is 54.6 Å². The third-order valence-corrected chi connectivity index (χ3v) is 5.91. The molecule has 0 radical (unpaired) electrons. The van der Waals surface area contributed by atoms with Crippen LogP contribution < -0.4 is 4.74 Å². The van der Waals surface area contributed by atoms with Crippen LogP contribution in [0.4, 0.5) is 4.39 Å². The van der Waals surface area contributed by atoms with Crippen LogP contribution in [0.5, 0.6) is 11.6 Å². The highest BCUT2D eigenvalue weighted by molar-refractivity contribution is 5.43. The molecule has 0 spiro atoms. The number of rotatable bonds is 11. The predicted octanol–water partition coefficient (Wildman–Crippen LogP) is 5.89. The van der Waals surface area contributed by atoms with E-state index in [0.29, 0.717) is 19.0 Å². The summed E-state index contributed by atoms with van der Waals surface area (Å²) >= 11 is 0. The van der Waals surface area contributed by atoms with E-state index in [1.807, 2.05) is 58.0 Å². The number of aromatic nitrogens is 2. The van der Waals surface area contributed by atoms with Crippen molar-refractivity contribution in [2.24, 2.45) is 0 Å². The summed E-state index contributed by atoms with van der Waals surface area (Å²) in [5, 5.41) is 15.5. The van der Waals surface area contributed by atoms with Crippen molar-refractivity contribution >= 4 is 0 Å². The molecule has 0 aliphatic heterocycles. The van der Waals surface area contributed by atoms with Gasteiger partial charge in [-0.1, -0.05) is 37.3 Å². The van der Waals surface area contributed by atoms with Crippen molar-refractivity contribution in [3.63, 3.8) is 0 Å². The van der Waals surface area contributed by atoms with Gasteiger partial charge >= 0.3 is 0 Å². The van der Waals surface area contributed by atoms with Crippen molar-refractivity contribution in [3.05, 3.63) is 71.7 Å². The Kier molecular flexibility index (Phi) is 9.05. The molecule has 0 amide bonds. The largest absolute Gasteiger partial charge is 0.435 e. The number of nitrogens with zero attached hydrogens (tertiary/aromatic N) is 3. The van der Waals surface area contributed by atoms with Crippen molar-refractivity contribution < 1.29 is 19.0 Å². The van der Waals surface area contributed by atoms with Crippen LogP contribution in [0.2, 0.25) is 0 Å². The van der Waals surface area contributed by atoms with Gasteiger partial charge in [-0.3, -0.25) is 4.90 Å². The Hall–Kier alpha value is -2.74. The molecule has 0 saturated heterocycles. The maximum Gasteiger partial charge on any atom is 0.227 e. The van der Waals surface area contributed by atoms with Crippen molar-refractivity contribution in [1.82, 2.24) is 14.7 Å². The van der Waals surface area contributed by atoms with E-state index in [1.165, 1.54) is 6.07 Å². The van der Waals surface area contributed by atoms with E-state index >= 15 is 0 Å². The number of para-hydroxylation sites is 2. The lowest BCUT2D eigenvalue weighted by atomic mass is 10.1. The molecule has 0 fully saturated rings. The van der Waals surface area contributed by atoms with Crippen molar-refractivity contribution in [2.45, 2.75) is 72.3 Å². The Bertz CT molecular complexity index is 1080. The quantitative estimate of drug-likeness (QED) is 0.369. The van der Waals surface area contributed by atoms with E-state index < -0.39 is 11.9 Å². The van der Waals surface area contributed by atoms with Gasteiger partial charge in [0.15, 0.2) is 11.6 Å². The van der Waals surface area contributed by atoms with Crippen LogP contribution >= 0.6 is 0 Å². The van der Waals surface area contributed by atoms with Gasteiger partial charge < -0.3 is 14.6 Å². The zero-order valence-corrected chi connectivity index (χ0v) is 21.7. The van der Waals surface area contributed by atoms with Gasteiger partial charge in [0.25, 0.3) is 0 Å². The summed E-state index contributed by atoms with van der Waals surface area (Å²) in [5.74, 6) is 0.164. The lowest BCUT2D eigenvalue weighted by molar-refractivity contribution is -0.0593. The minimum absolute atomic E-state index is 0.138. The third kappa shape index (κ3) is 7.37. The highest BCUT2D eigenvalue weighted by Crippen LogP contribution is 2.33. The molecule has 3 aromatic rings. The van der Waals surface area contributed by atoms with Gasteiger partial charge in [0, 0.05) is 19.1 Å². The third-order valence-electron chi connectivity index (χ3n) is 5.91. The summed E-state index contributed by atoms with van der Waals surface area (Å²) < 4.78 is 28.2. The monoisotopic (exact) mass is 483 g/mol. The molecule has 0 bridgehead atoms. The van der Waals surface area contributed by atoms with Crippen molar-refractivity contribution in [3.8, 4) is 17.3 Å². The summed E-state index contributed by atoms with van der Waals surface area (Å²) in [4.78, 5) is 2.20. The van der Waals surface area contributed by atoms with E-state index in [-0.39, 0.29) is 24.0 Å². The number of aliphatic hydroxyl groups excluding tert-OH is 1. The van der Waals surface area contributed by atoms with Crippen LogP contribution in [0, 0.1) is 12.7 Å². The molecule has 6 nitrogen and oxygen atoms in total. The zero-order valence-electron chi connectivity index (χ0n) is 21.7. The summed E-state index contributed by atoms with van der Waals surface area (Å²) in [5.41, 5.74) is 2.13. The van der Waals surface area contributed by atoms with Gasteiger partial charge in [-0.15, -0.1) is 0 Å². The number of hydrogen-bond acceptors (Lipinski definition) is 5. The molecule has 3 rings (SSSR count). The van der Waals surface area contributed by atoms with E-state index in [2.05, 4.69) is 18.7 Å². The first-order chi connectivity index (χ1) is 16.6. The number of aryl methyl sites for hydroxylation is 1. The normalized spacial score (nSPS) is 13.7. The van der Waals surface area contributed by atoms with Crippen LogP contribution in [-0.4, -0.2) is 50.7 Å². The van der Waals surface area contributed by atoms with E-state index in [0.717, 1.165) is 23.4 Å². The summed E-state index contributed by atoms with van der Waals surface area (Å²) in [6.07, 6.45) is 0.256. The Morgan fingerprint density at radius 3 is 2.37 bits per heavy atom. The molecule has 2 atom stereocenters. The van der Waals surface area contributed by atoms with Crippen molar-refractivity contribution in [1.29, 1.82) is 0 Å².